The molecule has 0 aromatic carbocycles. The minimum Gasteiger partial charge on any atom is -0.369 e. The van der Waals surface area contributed by atoms with E-state index in [0.717, 1.165) is 31.9 Å². The lowest BCUT2D eigenvalue weighted by Crippen LogP contribution is -2.38. The molecule has 7 heteroatoms. The highest BCUT2D eigenvalue weighted by atomic mass is 79.9. The monoisotopic (exact) mass is 327 g/mol. The summed E-state index contributed by atoms with van der Waals surface area (Å²) in [6, 6.07) is 0.341. The third kappa shape index (κ3) is 2.25. The number of carbonyl (C=O) groups excluding carboxylic acids is 1. The van der Waals surface area contributed by atoms with Crippen LogP contribution >= 0.6 is 15.9 Å². The number of fused-ring (bicyclic) bond motifs is 1. The molecule has 2 unspecified atom stereocenters. The predicted molar refractivity (Wildman–Crippen MR) is 76.2 cm³/mol. The molecule has 0 saturated carbocycles. The maximum Gasteiger partial charge on any atom is 0.270 e. The lowest BCUT2D eigenvalue weighted by atomic mass is 9.89. The van der Waals surface area contributed by atoms with E-state index in [1.54, 1.807) is 0 Å². The Labute approximate surface area is 120 Å². The number of nitrogens with zero attached hydrogens (tertiary/aromatic N) is 2. The highest BCUT2D eigenvalue weighted by Crippen LogP contribution is 2.37. The van der Waals surface area contributed by atoms with Gasteiger partial charge in [0.1, 0.15) is 5.82 Å². The largest absolute Gasteiger partial charge is 0.369 e. The van der Waals surface area contributed by atoms with Crippen molar-refractivity contribution < 1.29 is 4.79 Å². The second-order valence-corrected chi connectivity index (χ2v) is 6.00. The number of aromatic nitrogens is 2. The normalized spacial score (nSPS) is 26.6. The van der Waals surface area contributed by atoms with E-state index >= 15 is 0 Å². The summed E-state index contributed by atoms with van der Waals surface area (Å²) in [7, 11) is 0. The number of halogens is 1. The van der Waals surface area contributed by atoms with Crippen LogP contribution in [-0.4, -0.2) is 35.3 Å². The SMILES string of the molecule is NC(=O)c1nn2c(c1Br)NCCC2C1CCCNC1. The number of primary amides is 1. The molecule has 4 N–H and O–H groups in total. The fraction of sp³-hybridized carbons (Fsp3) is 0.667. The Balaban J connectivity index is 1.95. The van der Waals surface area contributed by atoms with Gasteiger partial charge in [-0.15, -0.1) is 0 Å². The zero-order chi connectivity index (χ0) is 13.4. The molecule has 1 saturated heterocycles. The number of hydrogen-bond acceptors (Lipinski definition) is 4. The van der Waals surface area contributed by atoms with Gasteiger partial charge in [0, 0.05) is 6.54 Å². The number of nitrogens with two attached hydrogens (primary N) is 1. The Morgan fingerprint density at radius 1 is 1.42 bits per heavy atom. The van der Waals surface area contributed by atoms with Crippen molar-refractivity contribution in [3.63, 3.8) is 0 Å². The summed E-state index contributed by atoms with van der Waals surface area (Å²) in [6.07, 6.45) is 3.45. The van der Waals surface area contributed by atoms with Crippen LogP contribution in [0.25, 0.3) is 0 Å². The molecular formula is C12H18BrN5O. The molecule has 1 aromatic heterocycles. The van der Waals surface area contributed by atoms with E-state index in [2.05, 4.69) is 31.7 Å². The Morgan fingerprint density at radius 3 is 2.95 bits per heavy atom. The van der Waals surface area contributed by atoms with Gasteiger partial charge in [-0.3, -0.25) is 4.79 Å². The fourth-order valence-corrected chi connectivity index (χ4v) is 3.67. The first-order valence-electron chi connectivity index (χ1n) is 6.71. The summed E-state index contributed by atoms with van der Waals surface area (Å²) in [6.45, 7) is 3.03. The summed E-state index contributed by atoms with van der Waals surface area (Å²) in [5, 5.41) is 11.2. The minimum absolute atomic E-state index is 0.318. The van der Waals surface area contributed by atoms with Gasteiger partial charge in [0.05, 0.1) is 10.5 Å². The molecular weight excluding hydrogens is 310 g/mol. The quantitative estimate of drug-likeness (QED) is 0.759. The molecule has 19 heavy (non-hydrogen) atoms. The second kappa shape index (κ2) is 5.13. The van der Waals surface area contributed by atoms with Crippen LogP contribution < -0.4 is 16.4 Å². The molecule has 104 valence electrons. The van der Waals surface area contributed by atoms with Crippen molar-refractivity contribution in [2.24, 2.45) is 11.7 Å². The number of nitrogens with one attached hydrogen (secondary N) is 2. The number of hydrogen-bond donors (Lipinski definition) is 3. The van der Waals surface area contributed by atoms with Gasteiger partial charge in [-0.2, -0.15) is 5.10 Å². The Kier molecular flexibility index (Phi) is 3.49. The van der Waals surface area contributed by atoms with Crippen LogP contribution in [0.2, 0.25) is 0 Å². The molecule has 2 aliphatic rings. The number of carbonyl (C=O) groups is 1. The number of rotatable bonds is 2. The first-order valence-corrected chi connectivity index (χ1v) is 7.50. The van der Waals surface area contributed by atoms with Gasteiger partial charge in [-0.1, -0.05) is 0 Å². The third-order valence-corrected chi connectivity index (χ3v) is 4.76. The minimum atomic E-state index is -0.490. The first-order chi connectivity index (χ1) is 9.18. The molecule has 3 rings (SSSR count). The van der Waals surface area contributed by atoms with Gasteiger partial charge in [0.15, 0.2) is 5.69 Å². The molecule has 0 spiro atoms. The lowest BCUT2D eigenvalue weighted by Gasteiger charge is -2.34. The molecule has 2 aliphatic heterocycles. The summed E-state index contributed by atoms with van der Waals surface area (Å²) < 4.78 is 2.64. The summed E-state index contributed by atoms with van der Waals surface area (Å²) in [5.41, 5.74) is 5.68. The van der Waals surface area contributed by atoms with Crippen LogP contribution in [0.3, 0.4) is 0 Å². The summed E-state index contributed by atoms with van der Waals surface area (Å²) in [5.74, 6) is 0.967. The molecule has 0 aliphatic carbocycles. The van der Waals surface area contributed by atoms with E-state index in [9.17, 15) is 4.79 Å². The lowest BCUT2D eigenvalue weighted by molar-refractivity contribution is 0.0993. The Bertz CT molecular complexity index is 495. The Hall–Kier alpha value is -1.08. The molecule has 6 nitrogen and oxygen atoms in total. The first kappa shape index (κ1) is 12.9. The summed E-state index contributed by atoms with van der Waals surface area (Å²) >= 11 is 3.43. The standard InChI is InChI=1S/C12H18BrN5O/c13-9-10(11(14)19)17-18-8(3-5-16-12(9)18)7-2-1-4-15-6-7/h7-8,15-16H,1-6H2,(H2,14,19). The average Bonchev–Trinajstić information content (AvgIpc) is 2.78. The van der Waals surface area contributed by atoms with E-state index in [1.165, 1.54) is 12.8 Å². The van der Waals surface area contributed by atoms with Crippen molar-refractivity contribution in [1.29, 1.82) is 0 Å². The number of amides is 1. The van der Waals surface area contributed by atoms with E-state index in [0.29, 0.717) is 22.1 Å². The molecule has 0 bridgehead atoms. The summed E-state index contributed by atoms with van der Waals surface area (Å²) in [4.78, 5) is 11.4. The van der Waals surface area contributed by atoms with E-state index in [1.807, 2.05) is 4.68 Å². The van der Waals surface area contributed by atoms with Crippen LogP contribution in [0.5, 0.6) is 0 Å². The third-order valence-electron chi connectivity index (χ3n) is 4.01. The van der Waals surface area contributed by atoms with Crippen molar-refractivity contribution in [2.75, 3.05) is 25.0 Å². The van der Waals surface area contributed by atoms with Gasteiger partial charge in [0.25, 0.3) is 5.91 Å². The van der Waals surface area contributed by atoms with Gasteiger partial charge in [-0.05, 0) is 54.2 Å². The number of piperidine rings is 1. The maximum absolute atomic E-state index is 11.4. The average molecular weight is 328 g/mol. The van der Waals surface area contributed by atoms with E-state index in [4.69, 9.17) is 5.73 Å². The topological polar surface area (TPSA) is 85.0 Å². The van der Waals surface area contributed by atoms with Gasteiger partial charge in [-0.25, -0.2) is 4.68 Å². The van der Waals surface area contributed by atoms with Crippen molar-refractivity contribution in [3.05, 3.63) is 10.2 Å². The molecule has 2 atom stereocenters. The van der Waals surface area contributed by atoms with Gasteiger partial charge < -0.3 is 16.4 Å². The molecule has 0 radical (unpaired) electrons. The zero-order valence-corrected chi connectivity index (χ0v) is 12.2. The molecule has 1 amide bonds. The van der Waals surface area contributed by atoms with Crippen molar-refractivity contribution >= 4 is 27.7 Å². The van der Waals surface area contributed by atoms with Crippen LogP contribution in [0.4, 0.5) is 5.82 Å². The van der Waals surface area contributed by atoms with Crippen molar-refractivity contribution in [2.45, 2.75) is 25.3 Å². The van der Waals surface area contributed by atoms with Crippen LogP contribution in [0, 0.1) is 5.92 Å². The van der Waals surface area contributed by atoms with Crippen molar-refractivity contribution in [1.82, 2.24) is 15.1 Å². The van der Waals surface area contributed by atoms with Gasteiger partial charge in [0.2, 0.25) is 0 Å². The van der Waals surface area contributed by atoms with E-state index < -0.39 is 5.91 Å². The smallest absolute Gasteiger partial charge is 0.270 e. The molecule has 1 fully saturated rings. The highest BCUT2D eigenvalue weighted by Gasteiger charge is 2.32. The van der Waals surface area contributed by atoms with Crippen molar-refractivity contribution in [3.8, 4) is 0 Å². The zero-order valence-electron chi connectivity index (χ0n) is 10.7. The van der Waals surface area contributed by atoms with Crippen LogP contribution in [0.15, 0.2) is 4.47 Å². The van der Waals surface area contributed by atoms with Crippen LogP contribution in [0.1, 0.15) is 35.8 Å². The van der Waals surface area contributed by atoms with Gasteiger partial charge >= 0.3 is 0 Å². The van der Waals surface area contributed by atoms with E-state index in [-0.39, 0.29) is 0 Å². The maximum atomic E-state index is 11.4. The predicted octanol–water partition coefficient (Wildman–Crippen LogP) is 1.10. The molecule has 3 heterocycles. The second-order valence-electron chi connectivity index (χ2n) is 5.21. The highest BCUT2D eigenvalue weighted by molar-refractivity contribution is 9.10. The van der Waals surface area contributed by atoms with Crippen LogP contribution in [-0.2, 0) is 0 Å². The number of anilines is 1. The Morgan fingerprint density at radius 2 is 2.26 bits per heavy atom. The molecule has 1 aromatic rings. The fourth-order valence-electron chi connectivity index (χ4n) is 3.07.